The highest BCUT2D eigenvalue weighted by Crippen LogP contribution is 2.25. The highest BCUT2D eigenvalue weighted by atomic mass is 32.2. The van der Waals surface area contributed by atoms with E-state index in [2.05, 4.69) is 57.3 Å². The molecule has 0 aliphatic carbocycles. The smallest absolute Gasteiger partial charge is 0.187 e. The lowest BCUT2D eigenvalue weighted by molar-refractivity contribution is 0.241. The SMILES string of the molecule is CSc1ncc2c(n1)CCN(Cc1cc(C)n(-c3ncccc3C)c1C)C2. The first-order chi connectivity index (χ1) is 13.1. The molecule has 4 rings (SSSR count). The summed E-state index contributed by atoms with van der Waals surface area (Å²) in [5.74, 6) is 1.03. The fourth-order valence-corrected chi connectivity index (χ4v) is 4.22. The maximum absolute atomic E-state index is 4.67. The van der Waals surface area contributed by atoms with Crippen LogP contribution in [0.1, 0.15) is 33.8 Å². The summed E-state index contributed by atoms with van der Waals surface area (Å²) in [6.07, 6.45) is 6.88. The van der Waals surface area contributed by atoms with E-state index < -0.39 is 0 Å². The van der Waals surface area contributed by atoms with Crippen LogP contribution < -0.4 is 0 Å². The Labute approximate surface area is 164 Å². The number of nitrogens with zero attached hydrogens (tertiary/aromatic N) is 5. The van der Waals surface area contributed by atoms with E-state index in [-0.39, 0.29) is 0 Å². The van der Waals surface area contributed by atoms with Gasteiger partial charge in [-0.05, 0) is 50.3 Å². The minimum absolute atomic E-state index is 0.872. The minimum atomic E-state index is 0.872. The summed E-state index contributed by atoms with van der Waals surface area (Å²) in [5, 5.41) is 0.872. The lowest BCUT2D eigenvalue weighted by Gasteiger charge is -2.28. The number of hydrogen-bond acceptors (Lipinski definition) is 5. The Bertz CT molecular complexity index is 979. The van der Waals surface area contributed by atoms with Crippen molar-refractivity contribution >= 4 is 11.8 Å². The van der Waals surface area contributed by atoms with Crippen LogP contribution in [0.2, 0.25) is 0 Å². The van der Waals surface area contributed by atoms with E-state index in [4.69, 9.17) is 0 Å². The number of pyridine rings is 1. The minimum Gasteiger partial charge on any atom is -0.303 e. The van der Waals surface area contributed by atoms with Gasteiger partial charge in [0.05, 0.1) is 5.69 Å². The molecule has 0 unspecified atom stereocenters. The van der Waals surface area contributed by atoms with Gasteiger partial charge >= 0.3 is 0 Å². The molecule has 6 heteroatoms. The van der Waals surface area contributed by atoms with Crippen molar-refractivity contribution in [2.75, 3.05) is 12.8 Å². The molecule has 0 atom stereocenters. The molecule has 27 heavy (non-hydrogen) atoms. The zero-order valence-corrected chi connectivity index (χ0v) is 17.2. The van der Waals surface area contributed by atoms with Crippen LogP contribution in [0.25, 0.3) is 5.82 Å². The summed E-state index contributed by atoms with van der Waals surface area (Å²) < 4.78 is 2.27. The molecule has 0 saturated heterocycles. The first-order valence-corrected chi connectivity index (χ1v) is 10.5. The van der Waals surface area contributed by atoms with E-state index in [0.29, 0.717) is 0 Å². The average molecular weight is 380 g/mol. The molecule has 4 heterocycles. The second kappa shape index (κ2) is 7.44. The van der Waals surface area contributed by atoms with Gasteiger partial charge in [-0.2, -0.15) is 0 Å². The van der Waals surface area contributed by atoms with E-state index in [0.717, 1.165) is 37.0 Å². The van der Waals surface area contributed by atoms with Crippen LogP contribution in [0.4, 0.5) is 0 Å². The molecule has 1 aliphatic rings. The molecule has 5 nitrogen and oxygen atoms in total. The van der Waals surface area contributed by atoms with Gasteiger partial charge in [-0.25, -0.2) is 15.0 Å². The quantitative estimate of drug-likeness (QED) is 0.509. The Kier molecular flexibility index (Phi) is 5.02. The molecule has 0 saturated carbocycles. The lowest BCUT2D eigenvalue weighted by Crippen LogP contribution is -2.31. The van der Waals surface area contributed by atoms with E-state index in [1.54, 1.807) is 11.8 Å². The molecular formula is C21H25N5S. The van der Waals surface area contributed by atoms with Crippen LogP contribution in [-0.2, 0) is 19.5 Å². The highest BCUT2D eigenvalue weighted by Gasteiger charge is 2.21. The Hall–Kier alpha value is -2.18. The van der Waals surface area contributed by atoms with Crippen LogP contribution in [0.3, 0.4) is 0 Å². The first-order valence-electron chi connectivity index (χ1n) is 9.27. The van der Waals surface area contributed by atoms with Crippen molar-refractivity contribution in [1.29, 1.82) is 0 Å². The predicted molar refractivity (Wildman–Crippen MR) is 109 cm³/mol. The van der Waals surface area contributed by atoms with Crippen molar-refractivity contribution in [3.8, 4) is 5.82 Å². The van der Waals surface area contributed by atoms with Crippen LogP contribution in [-0.4, -0.2) is 37.2 Å². The van der Waals surface area contributed by atoms with Crippen molar-refractivity contribution in [2.45, 2.75) is 45.4 Å². The van der Waals surface area contributed by atoms with E-state index >= 15 is 0 Å². The third-order valence-electron chi connectivity index (χ3n) is 5.30. The second-order valence-electron chi connectivity index (χ2n) is 7.16. The Balaban J connectivity index is 1.57. The van der Waals surface area contributed by atoms with Crippen LogP contribution in [0, 0.1) is 20.8 Å². The van der Waals surface area contributed by atoms with E-state index in [1.807, 2.05) is 24.7 Å². The lowest BCUT2D eigenvalue weighted by atomic mass is 10.1. The summed E-state index contributed by atoms with van der Waals surface area (Å²) in [5.41, 5.74) is 7.53. The van der Waals surface area contributed by atoms with Crippen LogP contribution in [0.15, 0.2) is 35.7 Å². The summed E-state index contributed by atoms with van der Waals surface area (Å²) >= 11 is 1.61. The van der Waals surface area contributed by atoms with Gasteiger partial charge in [0.1, 0.15) is 5.82 Å². The molecule has 0 radical (unpaired) electrons. The Morgan fingerprint density at radius 3 is 2.81 bits per heavy atom. The number of aromatic nitrogens is 4. The third kappa shape index (κ3) is 3.51. The molecule has 0 aromatic carbocycles. The zero-order valence-electron chi connectivity index (χ0n) is 16.4. The summed E-state index contributed by atoms with van der Waals surface area (Å²) in [6, 6.07) is 6.40. The number of hydrogen-bond donors (Lipinski definition) is 0. The largest absolute Gasteiger partial charge is 0.303 e. The standard InChI is InChI=1S/C21H25N5S/c1-14-6-5-8-22-20(14)26-15(2)10-17(16(26)3)12-25-9-7-19-18(13-25)11-23-21(24-19)27-4/h5-6,8,10-11H,7,9,12-13H2,1-4H3. The van der Waals surface area contributed by atoms with Gasteiger partial charge in [0.15, 0.2) is 5.16 Å². The van der Waals surface area contributed by atoms with Gasteiger partial charge < -0.3 is 4.57 Å². The fraction of sp³-hybridized carbons (Fsp3) is 0.381. The summed E-state index contributed by atoms with van der Waals surface area (Å²) in [6.45, 7) is 9.36. The third-order valence-corrected chi connectivity index (χ3v) is 5.86. The van der Waals surface area contributed by atoms with Gasteiger partial charge in [0.25, 0.3) is 0 Å². The molecular weight excluding hydrogens is 354 g/mol. The van der Waals surface area contributed by atoms with Crippen molar-refractivity contribution in [1.82, 2.24) is 24.4 Å². The van der Waals surface area contributed by atoms with Gasteiger partial charge in [-0.1, -0.05) is 17.8 Å². The number of thioether (sulfide) groups is 1. The van der Waals surface area contributed by atoms with E-state index in [1.165, 1.54) is 33.8 Å². The molecule has 0 fully saturated rings. The van der Waals surface area contributed by atoms with Crippen LogP contribution in [0.5, 0.6) is 0 Å². The van der Waals surface area contributed by atoms with Crippen molar-refractivity contribution in [3.05, 3.63) is 64.4 Å². The Morgan fingerprint density at radius 1 is 1.19 bits per heavy atom. The van der Waals surface area contributed by atoms with Crippen LogP contribution >= 0.6 is 11.8 Å². The van der Waals surface area contributed by atoms with Gasteiger partial charge in [-0.15, -0.1) is 0 Å². The maximum atomic E-state index is 4.67. The average Bonchev–Trinajstić information content (AvgIpc) is 2.95. The summed E-state index contributed by atoms with van der Waals surface area (Å²) in [4.78, 5) is 16.2. The molecule has 3 aromatic heterocycles. The molecule has 0 N–H and O–H groups in total. The molecule has 1 aliphatic heterocycles. The Morgan fingerprint density at radius 2 is 2.04 bits per heavy atom. The van der Waals surface area contributed by atoms with Gasteiger partial charge in [-0.3, -0.25) is 4.90 Å². The fourth-order valence-electron chi connectivity index (χ4n) is 3.86. The monoisotopic (exact) mass is 379 g/mol. The first kappa shape index (κ1) is 18.2. The summed E-state index contributed by atoms with van der Waals surface area (Å²) in [7, 11) is 0. The highest BCUT2D eigenvalue weighted by molar-refractivity contribution is 7.98. The number of rotatable bonds is 4. The second-order valence-corrected chi connectivity index (χ2v) is 7.94. The van der Waals surface area contributed by atoms with Crippen molar-refractivity contribution in [3.63, 3.8) is 0 Å². The molecule has 140 valence electrons. The topological polar surface area (TPSA) is 46.8 Å². The molecule has 0 bridgehead atoms. The van der Waals surface area contributed by atoms with E-state index in [9.17, 15) is 0 Å². The predicted octanol–water partition coefficient (Wildman–Crippen LogP) is 3.87. The van der Waals surface area contributed by atoms with Gasteiger partial charge in [0.2, 0.25) is 0 Å². The molecule has 0 amide bonds. The molecule has 3 aromatic rings. The molecule has 0 spiro atoms. The van der Waals surface area contributed by atoms with Crippen molar-refractivity contribution in [2.24, 2.45) is 0 Å². The normalized spacial score (nSPS) is 14.4. The number of fused-ring (bicyclic) bond motifs is 1. The van der Waals surface area contributed by atoms with Crippen molar-refractivity contribution < 1.29 is 0 Å². The maximum Gasteiger partial charge on any atom is 0.187 e. The number of aryl methyl sites for hydroxylation is 2. The zero-order chi connectivity index (χ0) is 19.0. The van der Waals surface area contributed by atoms with Gasteiger partial charge in [0, 0.05) is 55.4 Å².